The SMILES string of the molecule is Cc1ncc(CNC(C)CS(C)=O)n1-c1ccccc1. The van der Waals surface area contributed by atoms with E-state index in [1.807, 2.05) is 31.3 Å². The van der Waals surface area contributed by atoms with Crippen LogP contribution in [-0.2, 0) is 17.3 Å². The molecule has 2 aromatic rings. The fourth-order valence-corrected chi connectivity index (χ4v) is 3.06. The third-order valence-electron chi connectivity index (χ3n) is 3.14. The van der Waals surface area contributed by atoms with Crippen LogP contribution in [0.15, 0.2) is 36.5 Å². The first-order valence-electron chi connectivity index (χ1n) is 6.70. The Labute approximate surface area is 122 Å². The lowest BCUT2D eigenvalue weighted by Gasteiger charge is -2.14. The molecule has 1 heterocycles. The van der Waals surface area contributed by atoms with Gasteiger partial charge in [-0.3, -0.25) is 8.78 Å². The molecule has 1 N–H and O–H groups in total. The maximum absolute atomic E-state index is 11.2. The van der Waals surface area contributed by atoms with Crippen molar-refractivity contribution < 1.29 is 4.21 Å². The normalized spacial score (nSPS) is 14.2. The summed E-state index contributed by atoms with van der Waals surface area (Å²) in [5, 5.41) is 3.40. The molecule has 2 unspecified atom stereocenters. The van der Waals surface area contributed by atoms with Crippen LogP contribution in [0.1, 0.15) is 18.4 Å². The monoisotopic (exact) mass is 291 g/mol. The number of benzene rings is 1. The first kappa shape index (κ1) is 14.9. The van der Waals surface area contributed by atoms with E-state index in [0.717, 1.165) is 17.2 Å². The summed E-state index contributed by atoms with van der Waals surface area (Å²) in [6, 6.07) is 10.4. The molecule has 0 amide bonds. The van der Waals surface area contributed by atoms with Crippen molar-refractivity contribution >= 4 is 10.8 Å². The van der Waals surface area contributed by atoms with Crippen LogP contribution in [0.5, 0.6) is 0 Å². The molecule has 0 bridgehead atoms. The smallest absolute Gasteiger partial charge is 0.110 e. The minimum Gasteiger partial charge on any atom is -0.308 e. The Morgan fingerprint density at radius 2 is 2.05 bits per heavy atom. The van der Waals surface area contributed by atoms with Gasteiger partial charge in [0.1, 0.15) is 5.82 Å². The summed E-state index contributed by atoms with van der Waals surface area (Å²) in [5.74, 6) is 1.64. The van der Waals surface area contributed by atoms with E-state index in [9.17, 15) is 4.21 Å². The van der Waals surface area contributed by atoms with Crippen molar-refractivity contribution in [3.63, 3.8) is 0 Å². The van der Waals surface area contributed by atoms with Gasteiger partial charge in [-0.1, -0.05) is 18.2 Å². The molecular formula is C15H21N3OS. The highest BCUT2D eigenvalue weighted by Crippen LogP contribution is 2.14. The lowest BCUT2D eigenvalue weighted by Crippen LogP contribution is -2.31. The summed E-state index contributed by atoms with van der Waals surface area (Å²) in [4.78, 5) is 4.39. The van der Waals surface area contributed by atoms with Crippen molar-refractivity contribution in [1.82, 2.24) is 14.9 Å². The lowest BCUT2D eigenvalue weighted by molar-refractivity contribution is 0.575. The fourth-order valence-electron chi connectivity index (χ4n) is 2.24. The van der Waals surface area contributed by atoms with E-state index < -0.39 is 10.8 Å². The Hall–Kier alpha value is -1.46. The summed E-state index contributed by atoms with van der Waals surface area (Å²) in [7, 11) is -0.775. The second kappa shape index (κ2) is 6.81. The van der Waals surface area contributed by atoms with E-state index in [4.69, 9.17) is 0 Å². The third kappa shape index (κ3) is 3.77. The maximum atomic E-state index is 11.2. The molecule has 5 heteroatoms. The van der Waals surface area contributed by atoms with Crippen LogP contribution < -0.4 is 5.32 Å². The third-order valence-corrected chi connectivity index (χ3v) is 4.11. The van der Waals surface area contributed by atoms with E-state index in [2.05, 4.69) is 33.9 Å². The topological polar surface area (TPSA) is 46.9 Å². The molecule has 0 aliphatic heterocycles. The minimum atomic E-state index is -0.775. The average Bonchev–Trinajstić information content (AvgIpc) is 2.78. The van der Waals surface area contributed by atoms with Crippen LogP contribution in [0.4, 0.5) is 0 Å². The van der Waals surface area contributed by atoms with E-state index in [1.165, 1.54) is 0 Å². The molecule has 0 fully saturated rings. The van der Waals surface area contributed by atoms with Gasteiger partial charge in [0.25, 0.3) is 0 Å². The number of nitrogens with one attached hydrogen (secondary N) is 1. The number of nitrogens with zero attached hydrogens (tertiary/aromatic N) is 2. The van der Waals surface area contributed by atoms with Crippen LogP contribution in [-0.4, -0.2) is 31.8 Å². The number of rotatable bonds is 6. The average molecular weight is 291 g/mol. The number of aromatic nitrogens is 2. The minimum absolute atomic E-state index is 0.222. The number of hydrogen-bond donors (Lipinski definition) is 1. The second-order valence-electron chi connectivity index (χ2n) is 4.99. The second-order valence-corrected chi connectivity index (χ2v) is 6.47. The first-order valence-corrected chi connectivity index (χ1v) is 8.42. The van der Waals surface area contributed by atoms with Gasteiger partial charge in [0.2, 0.25) is 0 Å². The van der Waals surface area contributed by atoms with Crippen molar-refractivity contribution in [3.8, 4) is 5.69 Å². The largest absolute Gasteiger partial charge is 0.308 e. The summed E-state index contributed by atoms with van der Waals surface area (Å²) in [5.41, 5.74) is 2.23. The molecule has 2 atom stereocenters. The number of aryl methyl sites for hydroxylation is 1. The predicted octanol–water partition coefficient (Wildman–Crippen LogP) is 2.04. The van der Waals surface area contributed by atoms with Crippen LogP contribution in [0.3, 0.4) is 0 Å². The molecule has 0 aliphatic rings. The molecule has 0 saturated carbocycles. The van der Waals surface area contributed by atoms with Gasteiger partial charge in [-0.05, 0) is 26.0 Å². The zero-order valence-electron chi connectivity index (χ0n) is 12.2. The Bertz CT molecular complexity index is 580. The Balaban J connectivity index is 2.12. The van der Waals surface area contributed by atoms with E-state index in [1.54, 1.807) is 6.26 Å². The van der Waals surface area contributed by atoms with Crippen LogP contribution in [0.2, 0.25) is 0 Å². The molecular weight excluding hydrogens is 270 g/mol. The molecule has 0 saturated heterocycles. The number of imidazole rings is 1. The van der Waals surface area contributed by atoms with E-state index in [-0.39, 0.29) is 6.04 Å². The van der Waals surface area contributed by atoms with Gasteiger partial charge in [-0.2, -0.15) is 0 Å². The first-order chi connectivity index (χ1) is 9.58. The predicted molar refractivity (Wildman–Crippen MR) is 83.5 cm³/mol. The molecule has 1 aromatic heterocycles. The number of para-hydroxylation sites is 1. The van der Waals surface area contributed by atoms with Crippen LogP contribution >= 0.6 is 0 Å². The molecule has 1 aromatic carbocycles. The van der Waals surface area contributed by atoms with Crippen molar-refractivity contribution in [3.05, 3.63) is 48.0 Å². The van der Waals surface area contributed by atoms with Crippen molar-refractivity contribution in [2.75, 3.05) is 12.0 Å². The zero-order valence-corrected chi connectivity index (χ0v) is 13.0. The Kier molecular flexibility index (Phi) is 5.09. The van der Waals surface area contributed by atoms with Gasteiger partial charge in [0, 0.05) is 41.1 Å². The Morgan fingerprint density at radius 3 is 2.70 bits per heavy atom. The Morgan fingerprint density at radius 1 is 1.35 bits per heavy atom. The standard InChI is InChI=1S/C15H21N3OS/c1-12(11-20(3)19)16-9-15-10-17-13(2)18(15)14-7-5-4-6-8-14/h4-8,10,12,16H,9,11H2,1-3H3. The maximum Gasteiger partial charge on any atom is 0.110 e. The van der Waals surface area contributed by atoms with Crippen molar-refractivity contribution in [1.29, 1.82) is 0 Å². The highest BCUT2D eigenvalue weighted by atomic mass is 32.2. The summed E-state index contributed by atoms with van der Waals surface area (Å²) >= 11 is 0. The molecule has 0 spiro atoms. The van der Waals surface area contributed by atoms with E-state index >= 15 is 0 Å². The van der Waals surface area contributed by atoms with Gasteiger partial charge in [-0.25, -0.2) is 4.98 Å². The molecule has 2 rings (SSSR count). The quantitative estimate of drug-likeness (QED) is 0.886. The van der Waals surface area contributed by atoms with E-state index in [0.29, 0.717) is 12.3 Å². The molecule has 4 nitrogen and oxygen atoms in total. The van der Waals surface area contributed by atoms with Crippen LogP contribution in [0.25, 0.3) is 5.69 Å². The zero-order chi connectivity index (χ0) is 14.5. The highest BCUT2D eigenvalue weighted by molar-refractivity contribution is 7.84. The van der Waals surface area contributed by atoms with Crippen molar-refractivity contribution in [2.24, 2.45) is 0 Å². The lowest BCUT2D eigenvalue weighted by atomic mass is 10.3. The van der Waals surface area contributed by atoms with Gasteiger partial charge in [0.15, 0.2) is 0 Å². The highest BCUT2D eigenvalue weighted by Gasteiger charge is 2.10. The summed E-state index contributed by atoms with van der Waals surface area (Å²) in [6.45, 7) is 4.77. The summed E-state index contributed by atoms with van der Waals surface area (Å²) < 4.78 is 13.4. The van der Waals surface area contributed by atoms with Gasteiger partial charge < -0.3 is 5.32 Å². The van der Waals surface area contributed by atoms with Crippen molar-refractivity contribution in [2.45, 2.75) is 26.4 Å². The summed E-state index contributed by atoms with van der Waals surface area (Å²) in [6.07, 6.45) is 3.63. The number of hydrogen-bond acceptors (Lipinski definition) is 3. The fraction of sp³-hybridized carbons (Fsp3) is 0.400. The van der Waals surface area contributed by atoms with Crippen LogP contribution in [0, 0.1) is 6.92 Å². The molecule has 20 heavy (non-hydrogen) atoms. The van der Waals surface area contributed by atoms with Gasteiger partial charge >= 0.3 is 0 Å². The van der Waals surface area contributed by atoms with Gasteiger partial charge in [0.05, 0.1) is 11.9 Å². The molecule has 108 valence electrons. The van der Waals surface area contributed by atoms with Gasteiger partial charge in [-0.15, -0.1) is 0 Å². The molecule has 0 radical (unpaired) electrons. The molecule has 0 aliphatic carbocycles.